The van der Waals surface area contributed by atoms with Gasteiger partial charge in [-0.25, -0.2) is 4.39 Å². The van der Waals surface area contributed by atoms with Crippen LogP contribution in [0, 0.1) is 5.82 Å². The van der Waals surface area contributed by atoms with Gasteiger partial charge in [0.15, 0.2) is 0 Å². The van der Waals surface area contributed by atoms with Gasteiger partial charge in [0.1, 0.15) is 5.82 Å². The maximum Gasteiger partial charge on any atom is 0.230 e. The highest BCUT2D eigenvalue weighted by molar-refractivity contribution is 7.99. The Morgan fingerprint density at radius 3 is 2.42 bits per heavy atom. The maximum absolute atomic E-state index is 13.7. The van der Waals surface area contributed by atoms with Crippen LogP contribution in [0.3, 0.4) is 0 Å². The van der Waals surface area contributed by atoms with Crippen molar-refractivity contribution in [2.45, 2.75) is 44.9 Å². The molecule has 2 aromatic carbocycles. The van der Waals surface area contributed by atoms with Gasteiger partial charge >= 0.3 is 0 Å². The molecule has 0 radical (unpaired) electrons. The highest BCUT2D eigenvalue weighted by atomic mass is 35.5. The van der Waals surface area contributed by atoms with Gasteiger partial charge in [-0.15, -0.1) is 11.8 Å². The average molecular weight is 394 g/mol. The molecule has 0 aliphatic heterocycles. The number of hydrogen-bond donors (Lipinski definition) is 1. The van der Waals surface area contributed by atoms with Crippen LogP contribution in [0.4, 0.5) is 4.39 Å². The fourth-order valence-corrected chi connectivity index (χ4v) is 3.73. The first-order valence-corrected chi connectivity index (χ1v) is 10.1. The van der Waals surface area contributed by atoms with Crippen LogP contribution in [0.25, 0.3) is 0 Å². The molecule has 0 bridgehead atoms. The predicted molar refractivity (Wildman–Crippen MR) is 109 cm³/mol. The predicted octanol–water partition coefficient (Wildman–Crippen LogP) is 5.89. The fraction of sp³-hybridized carbons (Fsp3) is 0.381. The monoisotopic (exact) mass is 393 g/mol. The summed E-state index contributed by atoms with van der Waals surface area (Å²) in [5, 5.41) is 3.38. The molecule has 0 aromatic heterocycles. The van der Waals surface area contributed by atoms with Crippen LogP contribution in [0.15, 0.2) is 42.5 Å². The van der Waals surface area contributed by atoms with Gasteiger partial charge in [0.25, 0.3) is 0 Å². The number of thioether (sulfide) groups is 1. The van der Waals surface area contributed by atoms with Crippen molar-refractivity contribution < 1.29 is 9.18 Å². The molecule has 0 aliphatic rings. The Kier molecular flexibility index (Phi) is 7.13. The molecule has 2 nitrogen and oxygen atoms in total. The van der Waals surface area contributed by atoms with Gasteiger partial charge in [-0.3, -0.25) is 4.79 Å². The lowest BCUT2D eigenvalue weighted by molar-refractivity contribution is -0.119. The Balaban J connectivity index is 1.85. The SMILES string of the molecule is C[C@@H](NC(=O)CSCc1c(F)cccc1Cl)c1ccc(C(C)(C)C)cc1. The first-order chi connectivity index (χ1) is 12.2. The molecule has 26 heavy (non-hydrogen) atoms. The summed E-state index contributed by atoms with van der Waals surface area (Å²) in [5.74, 6) is 0.218. The molecule has 0 fully saturated rings. The number of carbonyl (C=O) groups excluding carboxylic acids is 1. The molecule has 0 saturated carbocycles. The lowest BCUT2D eigenvalue weighted by Gasteiger charge is -2.20. The van der Waals surface area contributed by atoms with Gasteiger partial charge in [-0.05, 0) is 35.6 Å². The Morgan fingerprint density at radius 2 is 1.85 bits per heavy atom. The third-order valence-corrected chi connectivity index (χ3v) is 5.51. The van der Waals surface area contributed by atoms with Crippen LogP contribution >= 0.6 is 23.4 Å². The number of amides is 1. The fourth-order valence-electron chi connectivity index (χ4n) is 2.55. The highest BCUT2D eigenvalue weighted by Gasteiger charge is 2.15. The van der Waals surface area contributed by atoms with Crippen molar-refractivity contribution in [1.29, 1.82) is 0 Å². The summed E-state index contributed by atoms with van der Waals surface area (Å²) in [6.45, 7) is 8.48. The second-order valence-electron chi connectivity index (χ2n) is 7.35. The van der Waals surface area contributed by atoms with Crippen LogP contribution in [0.1, 0.15) is 50.4 Å². The van der Waals surface area contributed by atoms with Gasteiger partial charge < -0.3 is 5.32 Å². The Morgan fingerprint density at radius 1 is 1.19 bits per heavy atom. The highest BCUT2D eigenvalue weighted by Crippen LogP contribution is 2.25. The topological polar surface area (TPSA) is 29.1 Å². The second-order valence-corrected chi connectivity index (χ2v) is 8.75. The quantitative estimate of drug-likeness (QED) is 0.663. The molecule has 0 aliphatic carbocycles. The Hall–Kier alpha value is -1.52. The molecular formula is C21H25ClFNOS. The molecular weight excluding hydrogens is 369 g/mol. The molecule has 140 valence electrons. The van der Waals surface area contributed by atoms with Gasteiger partial charge in [0.2, 0.25) is 5.91 Å². The van der Waals surface area contributed by atoms with Crippen molar-refractivity contribution in [3.63, 3.8) is 0 Å². The van der Waals surface area contributed by atoms with E-state index >= 15 is 0 Å². The first-order valence-electron chi connectivity index (χ1n) is 8.59. The van der Waals surface area contributed by atoms with Crippen LogP contribution in [-0.2, 0) is 16.0 Å². The molecule has 1 atom stereocenters. The van der Waals surface area contributed by atoms with Crippen molar-refractivity contribution in [3.8, 4) is 0 Å². The number of rotatable bonds is 6. The summed E-state index contributed by atoms with van der Waals surface area (Å²) < 4.78 is 13.7. The third-order valence-electron chi connectivity index (χ3n) is 4.20. The van der Waals surface area contributed by atoms with E-state index in [9.17, 15) is 9.18 Å². The third kappa shape index (κ3) is 5.75. The molecule has 0 unspecified atom stereocenters. The van der Waals surface area contributed by atoms with Crippen LogP contribution in [-0.4, -0.2) is 11.7 Å². The normalized spacial score (nSPS) is 12.7. The number of carbonyl (C=O) groups is 1. The van der Waals surface area contributed by atoms with E-state index in [0.717, 1.165) is 5.56 Å². The lowest BCUT2D eigenvalue weighted by atomic mass is 9.86. The van der Waals surface area contributed by atoms with Crippen molar-refractivity contribution >= 4 is 29.3 Å². The van der Waals surface area contributed by atoms with Crippen molar-refractivity contribution in [1.82, 2.24) is 5.32 Å². The van der Waals surface area contributed by atoms with Gasteiger partial charge in [0.05, 0.1) is 11.8 Å². The van der Waals surface area contributed by atoms with Crippen LogP contribution in [0.2, 0.25) is 5.02 Å². The van der Waals surface area contributed by atoms with E-state index in [2.05, 4.69) is 50.4 Å². The largest absolute Gasteiger partial charge is 0.349 e. The molecule has 2 rings (SSSR count). The van der Waals surface area contributed by atoms with E-state index < -0.39 is 0 Å². The van der Waals surface area contributed by atoms with E-state index in [1.807, 2.05) is 6.92 Å². The van der Waals surface area contributed by atoms with Gasteiger partial charge in [-0.1, -0.05) is 62.7 Å². The van der Waals surface area contributed by atoms with Crippen LogP contribution in [0.5, 0.6) is 0 Å². The number of benzene rings is 2. The number of halogens is 2. The summed E-state index contributed by atoms with van der Waals surface area (Å²) in [6, 6.07) is 12.9. The van der Waals surface area contributed by atoms with E-state index in [1.165, 1.54) is 23.4 Å². The number of hydrogen-bond acceptors (Lipinski definition) is 2. The van der Waals surface area contributed by atoms with E-state index in [4.69, 9.17) is 11.6 Å². The minimum atomic E-state index is -0.335. The van der Waals surface area contributed by atoms with Gasteiger partial charge in [-0.2, -0.15) is 0 Å². The Labute approximate surface area is 164 Å². The molecule has 2 aromatic rings. The minimum Gasteiger partial charge on any atom is -0.349 e. The van der Waals surface area contributed by atoms with Crippen molar-refractivity contribution in [2.75, 3.05) is 5.75 Å². The minimum absolute atomic E-state index is 0.0742. The number of nitrogens with one attached hydrogen (secondary N) is 1. The van der Waals surface area contributed by atoms with Crippen LogP contribution < -0.4 is 5.32 Å². The van der Waals surface area contributed by atoms with Crippen molar-refractivity contribution in [2.24, 2.45) is 0 Å². The summed E-state index contributed by atoms with van der Waals surface area (Å²) in [7, 11) is 0. The van der Waals surface area contributed by atoms with E-state index in [0.29, 0.717) is 16.3 Å². The molecule has 1 N–H and O–H groups in total. The Bertz CT molecular complexity index is 735. The molecule has 0 spiro atoms. The molecule has 5 heteroatoms. The molecule has 1 amide bonds. The summed E-state index contributed by atoms with van der Waals surface area (Å²) in [4.78, 5) is 12.2. The summed E-state index contributed by atoms with van der Waals surface area (Å²) in [6.07, 6.45) is 0. The van der Waals surface area contributed by atoms with E-state index in [1.54, 1.807) is 12.1 Å². The molecule has 0 heterocycles. The lowest BCUT2D eigenvalue weighted by Crippen LogP contribution is -2.28. The standard InChI is InChI=1S/C21H25ClFNOS/c1-14(15-8-10-16(11-9-15)21(2,3)4)24-20(25)13-26-12-17-18(22)6-5-7-19(17)23/h5-11,14H,12-13H2,1-4H3,(H,24,25)/t14-/m1/s1. The average Bonchev–Trinajstić information content (AvgIpc) is 2.57. The second kappa shape index (κ2) is 8.92. The zero-order chi connectivity index (χ0) is 19.3. The zero-order valence-corrected chi connectivity index (χ0v) is 17.2. The smallest absolute Gasteiger partial charge is 0.230 e. The van der Waals surface area contributed by atoms with Gasteiger partial charge in [0, 0.05) is 16.3 Å². The van der Waals surface area contributed by atoms with E-state index in [-0.39, 0.29) is 28.9 Å². The molecule has 0 saturated heterocycles. The zero-order valence-electron chi connectivity index (χ0n) is 15.6. The summed E-state index contributed by atoms with van der Waals surface area (Å²) in [5.41, 5.74) is 2.87. The summed E-state index contributed by atoms with van der Waals surface area (Å²) >= 11 is 7.35. The maximum atomic E-state index is 13.7. The van der Waals surface area contributed by atoms with Crippen molar-refractivity contribution in [3.05, 3.63) is 70.0 Å². The first kappa shape index (κ1) is 20.8.